The lowest BCUT2D eigenvalue weighted by atomic mass is 10.0. The molecule has 1 aliphatic heterocycles. The van der Waals surface area contributed by atoms with Gasteiger partial charge in [0.05, 0.1) is 51.1 Å². The first-order valence-corrected chi connectivity index (χ1v) is 13.0. The van der Waals surface area contributed by atoms with Crippen LogP contribution in [0.5, 0.6) is 0 Å². The predicted molar refractivity (Wildman–Crippen MR) is 158 cm³/mol. The molecule has 6 aromatic rings. The number of hydrogen-bond acceptors (Lipinski definition) is 4. The van der Waals surface area contributed by atoms with E-state index in [4.69, 9.17) is 0 Å². The first-order chi connectivity index (χ1) is 20.0. The van der Waals surface area contributed by atoms with Crippen molar-refractivity contribution < 1.29 is 9.59 Å². The molecular formula is C35H20N4O2. The van der Waals surface area contributed by atoms with Gasteiger partial charge in [0.15, 0.2) is 0 Å². The minimum atomic E-state index is -0.331. The fraction of sp³-hybridized carbons (Fsp3) is 0.0286. The first-order valence-electron chi connectivity index (χ1n) is 13.0. The second-order valence-corrected chi connectivity index (χ2v) is 10.0. The van der Waals surface area contributed by atoms with Crippen LogP contribution in [0.25, 0.3) is 49.7 Å². The third kappa shape index (κ3) is 3.63. The van der Waals surface area contributed by atoms with Crippen molar-refractivity contribution in [1.29, 1.82) is 10.5 Å². The number of nitriles is 2. The van der Waals surface area contributed by atoms with E-state index in [2.05, 4.69) is 53.1 Å². The van der Waals surface area contributed by atoms with E-state index in [-0.39, 0.29) is 11.8 Å². The minimum absolute atomic E-state index is 0.316. The molecule has 6 nitrogen and oxygen atoms in total. The summed E-state index contributed by atoms with van der Waals surface area (Å²) in [6.07, 6.45) is 0. The highest BCUT2D eigenvalue weighted by Gasteiger charge is 2.35. The Morgan fingerprint density at radius 2 is 1.07 bits per heavy atom. The standard InChI is InChI=1S/C35H20N4O2/c1-38-34(40)29-3-2-4-30(33(29)35(38)41)39-31-17-25(23-9-5-21(19-36)6-10-23)13-15-27(31)28-16-14-26(18-32(28)39)24-11-7-22(20-37)8-12-24/h2-18H,1H3. The number of fused-ring (bicyclic) bond motifs is 4. The second-order valence-electron chi connectivity index (χ2n) is 10.0. The predicted octanol–water partition coefficient (Wildman–Crippen LogP) is 7.09. The van der Waals surface area contributed by atoms with Gasteiger partial charge in [0.1, 0.15) is 0 Å². The summed E-state index contributed by atoms with van der Waals surface area (Å²) in [6.45, 7) is 0. The Hall–Kier alpha value is -5.98. The maximum Gasteiger partial charge on any atom is 0.263 e. The van der Waals surface area contributed by atoms with Crippen molar-refractivity contribution in [1.82, 2.24) is 9.47 Å². The van der Waals surface area contributed by atoms with E-state index in [1.165, 1.54) is 7.05 Å². The summed E-state index contributed by atoms with van der Waals surface area (Å²) in [5.41, 5.74) is 8.22. The molecule has 0 bridgehead atoms. The van der Waals surface area contributed by atoms with Gasteiger partial charge in [-0.3, -0.25) is 14.5 Å². The lowest BCUT2D eigenvalue weighted by molar-refractivity contribution is 0.0693. The van der Waals surface area contributed by atoms with Gasteiger partial charge < -0.3 is 4.57 Å². The summed E-state index contributed by atoms with van der Waals surface area (Å²) >= 11 is 0. The van der Waals surface area contributed by atoms with Crippen molar-refractivity contribution in [2.24, 2.45) is 0 Å². The van der Waals surface area contributed by atoms with Crippen molar-refractivity contribution in [3.63, 3.8) is 0 Å². The van der Waals surface area contributed by atoms with Gasteiger partial charge in [-0.25, -0.2) is 0 Å². The molecular weight excluding hydrogens is 508 g/mol. The SMILES string of the molecule is CN1C(=O)c2cccc(-n3c4cc(-c5ccc(C#N)cc5)ccc4c4ccc(-c5ccc(C#N)cc5)cc43)c2C1=O. The molecule has 0 unspecified atom stereocenters. The zero-order valence-electron chi connectivity index (χ0n) is 21.9. The first kappa shape index (κ1) is 24.1. The lowest BCUT2D eigenvalue weighted by Crippen LogP contribution is -2.24. The third-order valence-corrected chi connectivity index (χ3v) is 7.80. The topological polar surface area (TPSA) is 89.9 Å². The number of carbonyl (C=O) groups excluding carboxylic acids is 2. The maximum atomic E-state index is 13.3. The fourth-order valence-corrected chi connectivity index (χ4v) is 5.68. The Balaban J connectivity index is 1.54. The Bertz CT molecular complexity index is 2040. The molecule has 2 amide bonds. The number of imide groups is 1. The van der Waals surface area contributed by atoms with E-state index in [1.54, 1.807) is 30.3 Å². The monoisotopic (exact) mass is 528 g/mol. The molecule has 0 radical (unpaired) electrons. The number of benzene rings is 5. The smallest absolute Gasteiger partial charge is 0.263 e. The molecule has 0 N–H and O–H groups in total. The molecule has 1 aliphatic rings. The summed E-state index contributed by atoms with van der Waals surface area (Å²) in [4.78, 5) is 27.4. The van der Waals surface area contributed by atoms with Crippen LogP contribution >= 0.6 is 0 Å². The van der Waals surface area contributed by atoms with Crippen molar-refractivity contribution in [2.75, 3.05) is 7.05 Å². The summed E-state index contributed by atoms with van der Waals surface area (Å²) < 4.78 is 2.06. The van der Waals surface area contributed by atoms with Gasteiger partial charge in [0.2, 0.25) is 0 Å². The molecule has 7 rings (SSSR count). The van der Waals surface area contributed by atoms with Gasteiger partial charge in [-0.15, -0.1) is 0 Å². The Labute approximate surface area is 235 Å². The van der Waals surface area contributed by atoms with E-state index in [9.17, 15) is 20.1 Å². The molecule has 1 aromatic heterocycles. The Morgan fingerprint density at radius 3 is 1.56 bits per heavy atom. The molecule has 0 aliphatic carbocycles. The molecule has 6 heteroatoms. The number of aromatic nitrogens is 1. The van der Waals surface area contributed by atoms with Crippen molar-refractivity contribution >= 4 is 33.6 Å². The zero-order valence-corrected chi connectivity index (χ0v) is 21.9. The highest BCUT2D eigenvalue weighted by molar-refractivity contribution is 6.23. The number of amides is 2. The summed E-state index contributed by atoms with van der Waals surface area (Å²) in [5, 5.41) is 20.5. The molecule has 0 saturated heterocycles. The molecule has 0 saturated carbocycles. The van der Waals surface area contributed by atoms with E-state index in [0.29, 0.717) is 27.9 Å². The summed E-state index contributed by atoms with van der Waals surface area (Å²) in [7, 11) is 1.51. The van der Waals surface area contributed by atoms with E-state index in [0.717, 1.165) is 49.0 Å². The van der Waals surface area contributed by atoms with Crippen LogP contribution in [0.2, 0.25) is 0 Å². The molecule has 0 fully saturated rings. The van der Waals surface area contributed by atoms with Gasteiger partial charge in [-0.1, -0.05) is 54.6 Å². The van der Waals surface area contributed by atoms with Gasteiger partial charge in [0, 0.05) is 17.8 Å². The van der Waals surface area contributed by atoms with Gasteiger partial charge in [0.25, 0.3) is 11.8 Å². The minimum Gasteiger partial charge on any atom is -0.308 e. The van der Waals surface area contributed by atoms with Gasteiger partial charge in [-0.2, -0.15) is 10.5 Å². The van der Waals surface area contributed by atoms with Crippen LogP contribution in [0.4, 0.5) is 0 Å². The highest BCUT2D eigenvalue weighted by atomic mass is 16.2. The summed E-state index contributed by atoms with van der Waals surface area (Å²) in [6, 6.07) is 37.0. The fourth-order valence-electron chi connectivity index (χ4n) is 5.68. The van der Waals surface area contributed by atoms with Crippen LogP contribution in [-0.2, 0) is 0 Å². The molecule has 5 aromatic carbocycles. The molecule has 41 heavy (non-hydrogen) atoms. The summed E-state index contributed by atoms with van der Waals surface area (Å²) in [5.74, 6) is -0.647. The van der Waals surface area contributed by atoms with E-state index < -0.39 is 0 Å². The van der Waals surface area contributed by atoms with E-state index >= 15 is 0 Å². The van der Waals surface area contributed by atoms with Crippen LogP contribution in [0.15, 0.2) is 103 Å². The average Bonchev–Trinajstić information content (AvgIpc) is 3.47. The second kappa shape index (κ2) is 9.05. The van der Waals surface area contributed by atoms with Crippen LogP contribution in [0, 0.1) is 22.7 Å². The van der Waals surface area contributed by atoms with Crippen LogP contribution in [-0.4, -0.2) is 28.3 Å². The largest absolute Gasteiger partial charge is 0.308 e. The number of carbonyl (C=O) groups is 2. The van der Waals surface area contributed by atoms with Gasteiger partial charge >= 0.3 is 0 Å². The average molecular weight is 529 g/mol. The Morgan fingerprint density at radius 1 is 0.585 bits per heavy atom. The number of nitrogens with zero attached hydrogens (tertiary/aromatic N) is 4. The molecule has 192 valence electrons. The molecule has 2 heterocycles. The van der Waals surface area contributed by atoms with Gasteiger partial charge in [-0.05, 0) is 70.8 Å². The quantitative estimate of drug-likeness (QED) is 0.229. The van der Waals surface area contributed by atoms with Crippen LogP contribution in [0.3, 0.4) is 0 Å². The van der Waals surface area contributed by atoms with Crippen molar-refractivity contribution in [3.05, 3.63) is 125 Å². The molecule has 0 atom stereocenters. The highest BCUT2D eigenvalue weighted by Crippen LogP contribution is 2.39. The lowest BCUT2D eigenvalue weighted by Gasteiger charge is -2.13. The zero-order chi connectivity index (χ0) is 28.2. The number of hydrogen-bond donors (Lipinski definition) is 0. The van der Waals surface area contributed by atoms with Crippen LogP contribution in [0.1, 0.15) is 31.8 Å². The maximum absolute atomic E-state index is 13.3. The van der Waals surface area contributed by atoms with Crippen LogP contribution < -0.4 is 0 Å². The van der Waals surface area contributed by atoms with Crippen molar-refractivity contribution in [3.8, 4) is 40.1 Å². The van der Waals surface area contributed by atoms with Crippen molar-refractivity contribution in [2.45, 2.75) is 0 Å². The normalized spacial score (nSPS) is 12.5. The Kier molecular flexibility index (Phi) is 5.32. The third-order valence-electron chi connectivity index (χ3n) is 7.80. The molecule has 0 spiro atoms. The number of rotatable bonds is 3. The van der Waals surface area contributed by atoms with E-state index in [1.807, 2.05) is 36.4 Å².